The summed E-state index contributed by atoms with van der Waals surface area (Å²) >= 11 is 0. The SMILES string of the molecule is COC1CS(=O)(=O)CC1NC(=O)N1CC(C)(c2ccccc2)C1. The number of amides is 2. The molecule has 2 unspecified atom stereocenters. The lowest BCUT2D eigenvalue weighted by Gasteiger charge is -2.48. The third kappa shape index (κ3) is 3.21. The van der Waals surface area contributed by atoms with Gasteiger partial charge < -0.3 is 15.0 Å². The number of carbonyl (C=O) groups excluding carboxylic acids is 1. The second-order valence-electron chi connectivity index (χ2n) is 6.69. The van der Waals surface area contributed by atoms with E-state index in [0.29, 0.717) is 13.1 Å². The summed E-state index contributed by atoms with van der Waals surface area (Å²) in [5, 5.41) is 2.81. The minimum absolute atomic E-state index is 0.0316. The van der Waals surface area contributed by atoms with E-state index in [-0.39, 0.29) is 23.0 Å². The third-order valence-corrected chi connectivity index (χ3v) is 6.45. The molecular weight excluding hydrogens is 316 g/mol. The minimum atomic E-state index is -3.14. The van der Waals surface area contributed by atoms with Gasteiger partial charge in [0.25, 0.3) is 0 Å². The monoisotopic (exact) mass is 338 g/mol. The number of rotatable bonds is 3. The molecule has 1 aromatic rings. The predicted molar refractivity (Wildman–Crippen MR) is 87.1 cm³/mol. The Morgan fingerprint density at radius 2 is 1.91 bits per heavy atom. The second-order valence-corrected chi connectivity index (χ2v) is 8.84. The number of likely N-dealkylation sites (tertiary alicyclic amines) is 1. The Morgan fingerprint density at radius 1 is 1.26 bits per heavy atom. The van der Waals surface area contributed by atoms with E-state index in [1.807, 2.05) is 18.2 Å². The van der Waals surface area contributed by atoms with Crippen LogP contribution in [0.5, 0.6) is 0 Å². The fourth-order valence-electron chi connectivity index (χ4n) is 3.40. The van der Waals surface area contributed by atoms with Crippen LogP contribution in [0.15, 0.2) is 30.3 Å². The fraction of sp³-hybridized carbons (Fsp3) is 0.562. The number of methoxy groups -OCH3 is 1. The first-order valence-electron chi connectivity index (χ1n) is 7.67. The fourth-order valence-corrected chi connectivity index (χ4v) is 5.25. The van der Waals surface area contributed by atoms with Gasteiger partial charge in [-0.2, -0.15) is 0 Å². The molecule has 2 aliphatic heterocycles. The van der Waals surface area contributed by atoms with Crippen molar-refractivity contribution in [1.29, 1.82) is 0 Å². The minimum Gasteiger partial charge on any atom is -0.378 e. The highest BCUT2D eigenvalue weighted by Crippen LogP contribution is 2.34. The van der Waals surface area contributed by atoms with Gasteiger partial charge >= 0.3 is 6.03 Å². The molecule has 2 heterocycles. The van der Waals surface area contributed by atoms with E-state index in [1.165, 1.54) is 12.7 Å². The topological polar surface area (TPSA) is 75.7 Å². The molecule has 1 N–H and O–H groups in total. The number of ether oxygens (including phenoxy) is 1. The van der Waals surface area contributed by atoms with Crippen molar-refractivity contribution in [2.24, 2.45) is 0 Å². The van der Waals surface area contributed by atoms with Crippen LogP contribution in [0.3, 0.4) is 0 Å². The largest absolute Gasteiger partial charge is 0.378 e. The molecule has 2 atom stereocenters. The highest BCUT2D eigenvalue weighted by molar-refractivity contribution is 7.91. The third-order valence-electron chi connectivity index (χ3n) is 4.75. The lowest BCUT2D eigenvalue weighted by atomic mass is 9.76. The quantitative estimate of drug-likeness (QED) is 0.884. The van der Waals surface area contributed by atoms with Crippen molar-refractivity contribution in [3.05, 3.63) is 35.9 Å². The molecule has 0 aromatic heterocycles. The smallest absolute Gasteiger partial charge is 0.317 e. The normalized spacial score (nSPS) is 28.2. The van der Waals surface area contributed by atoms with Gasteiger partial charge in [0, 0.05) is 25.6 Å². The van der Waals surface area contributed by atoms with Gasteiger partial charge in [-0.3, -0.25) is 0 Å². The van der Waals surface area contributed by atoms with Gasteiger partial charge in [0.15, 0.2) is 9.84 Å². The average molecular weight is 338 g/mol. The molecule has 2 saturated heterocycles. The molecule has 2 amide bonds. The molecule has 6 nitrogen and oxygen atoms in total. The first-order valence-corrected chi connectivity index (χ1v) is 9.49. The van der Waals surface area contributed by atoms with E-state index in [4.69, 9.17) is 4.74 Å². The number of urea groups is 1. The van der Waals surface area contributed by atoms with E-state index in [1.54, 1.807) is 4.90 Å². The maximum atomic E-state index is 12.3. The van der Waals surface area contributed by atoms with Crippen molar-refractivity contribution in [1.82, 2.24) is 10.2 Å². The molecule has 0 saturated carbocycles. The molecule has 3 rings (SSSR count). The van der Waals surface area contributed by atoms with Crippen LogP contribution in [0.4, 0.5) is 4.79 Å². The average Bonchev–Trinajstić information content (AvgIpc) is 2.78. The van der Waals surface area contributed by atoms with Gasteiger partial charge in [0.05, 0.1) is 23.7 Å². The lowest BCUT2D eigenvalue weighted by molar-refractivity contribution is 0.0798. The number of hydrogen-bond donors (Lipinski definition) is 1. The van der Waals surface area contributed by atoms with E-state index in [9.17, 15) is 13.2 Å². The highest BCUT2D eigenvalue weighted by atomic mass is 32.2. The van der Waals surface area contributed by atoms with Gasteiger partial charge in [0.2, 0.25) is 0 Å². The summed E-state index contributed by atoms with van der Waals surface area (Å²) in [7, 11) is -1.67. The van der Waals surface area contributed by atoms with Crippen LogP contribution in [-0.4, -0.2) is 63.2 Å². The second kappa shape index (κ2) is 5.79. The van der Waals surface area contributed by atoms with Gasteiger partial charge in [-0.25, -0.2) is 13.2 Å². The number of nitrogens with one attached hydrogen (secondary N) is 1. The first kappa shape index (κ1) is 16.3. The zero-order chi connectivity index (χ0) is 16.7. The van der Waals surface area contributed by atoms with E-state index in [0.717, 1.165) is 0 Å². The standard InChI is InChI=1S/C16H22N2O4S/c1-16(12-6-4-3-5-7-12)10-18(11-16)15(19)17-13-8-23(20,21)9-14(13)22-2/h3-7,13-14H,8-11H2,1-2H3,(H,17,19). The molecule has 0 spiro atoms. The summed E-state index contributed by atoms with van der Waals surface area (Å²) in [6.07, 6.45) is -0.467. The van der Waals surface area contributed by atoms with Gasteiger partial charge in [0.1, 0.15) is 0 Å². The molecule has 1 aromatic carbocycles. The zero-order valence-electron chi connectivity index (χ0n) is 13.4. The van der Waals surface area contributed by atoms with Crippen molar-refractivity contribution in [2.45, 2.75) is 24.5 Å². The number of carbonyl (C=O) groups is 1. The van der Waals surface area contributed by atoms with Crippen LogP contribution >= 0.6 is 0 Å². The lowest BCUT2D eigenvalue weighted by Crippen LogP contribution is -2.63. The van der Waals surface area contributed by atoms with Gasteiger partial charge in [-0.1, -0.05) is 37.3 Å². The summed E-state index contributed by atoms with van der Waals surface area (Å²) < 4.78 is 28.6. The van der Waals surface area contributed by atoms with Crippen LogP contribution < -0.4 is 5.32 Å². The first-order chi connectivity index (χ1) is 10.8. The Hall–Kier alpha value is -1.60. The highest BCUT2D eigenvalue weighted by Gasteiger charge is 2.45. The van der Waals surface area contributed by atoms with Crippen LogP contribution in [0.2, 0.25) is 0 Å². The Bertz CT molecular complexity index is 683. The summed E-state index contributed by atoms with van der Waals surface area (Å²) in [5.74, 6) is -0.0861. The Morgan fingerprint density at radius 3 is 2.52 bits per heavy atom. The maximum absolute atomic E-state index is 12.3. The summed E-state index contributed by atoms with van der Waals surface area (Å²) in [5.41, 5.74) is 1.17. The zero-order valence-corrected chi connectivity index (χ0v) is 14.2. The Kier molecular flexibility index (Phi) is 4.10. The van der Waals surface area contributed by atoms with Crippen molar-refractivity contribution >= 4 is 15.9 Å². The molecule has 2 aliphatic rings. The van der Waals surface area contributed by atoms with Gasteiger partial charge in [-0.05, 0) is 5.56 Å². The predicted octanol–water partition coefficient (Wildman–Crippen LogP) is 0.782. The summed E-state index contributed by atoms with van der Waals surface area (Å²) in [6.45, 7) is 3.38. The van der Waals surface area contributed by atoms with Crippen LogP contribution in [0, 0.1) is 0 Å². The maximum Gasteiger partial charge on any atom is 0.317 e. The Balaban J connectivity index is 1.59. The molecule has 0 radical (unpaired) electrons. The molecule has 2 fully saturated rings. The molecular formula is C16H22N2O4S. The molecule has 0 aliphatic carbocycles. The van der Waals surface area contributed by atoms with E-state index >= 15 is 0 Å². The van der Waals surface area contributed by atoms with E-state index in [2.05, 4.69) is 24.4 Å². The van der Waals surface area contributed by atoms with Crippen LogP contribution in [0.1, 0.15) is 12.5 Å². The number of hydrogen-bond acceptors (Lipinski definition) is 4. The van der Waals surface area contributed by atoms with E-state index < -0.39 is 22.0 Å². The van der Waals surface area contributed by atoms with Crippen molar-refractivity contribution in [2.75, 3.05) is 31.7 Å². The number of benzene rings is 1. The van der Waals surface area contributed by atoms with Crippen molar-refractivity contribution in [3.8, 4) is 0 Å². The van der Waals surface area contributed by atoms with Gasteiger partial charge in [-0.15, -0.1) is 0 Å². The summed E-state index contributed by atoms with van der Waals surface area (Å²) in [4.78, 5) is 14.1. The summed E-state index contributed by atoms with van der Waals surface area (Å²) in [6, 6.07) is 9.41. The number of nitrogens with zero attached hydrogens (tertiary/aromatic N) is 1. The van der Waals surface area contributed by atoms with Crippen LogP contribution in [0.25, 0.3) is 0 Å². The van der Waals surface area contributed by atoms with Crippen molar-refractivity contribution in [3.63, 3.8) is 0 Å². The Labute approximate surface area is 136 Å². The number of sulfone groups is 1. The van der Waals surface area contributed by atoms with Crippen LogP contribution in [-0.2, 0) is 20.0 Å². The molecule has 7 heteroatoms. The molecule has 0 bridgehead atoms. The molecule has 23 heavy (non-hydrogen) atoms. The molecule has 126 valence electrons. The van der Waals surface area contributed by atoms with Crippen molar-refractivity contribution < 1.29 is 17.9 Å².